The maximum absolute atomic E-state index is 12.4. The third-order valence-corrected chi connectivity index (χ3v) is 4.53. The summed E-state index contributed by atoms with van der Waals surface area (Å²) in [6.45, 7) is 5.08. The summed E-state index contributed by atoms with van der Waals surface area (Å²) in [4.78, 5) is 27.2. The van der Waals surface area contributed by atoms with Crippen molar-refractivity contribution in [1.29, 1.82) is 0 Å². The minimum atomic E-state index is -0.235. The number of carbonyl (C=O) groups excluding carboxylic acids is 1. The molecule has 0 aliphatic carbocycles. The Kier molecular flexibility index (Phi) is 3.50. The first kappa shape index (κ1) is 13.8. The fraction of sp³-hybridized carbons (Fsp3) is 0.357. The quantitative estimate of drug-likeness (QED) is 0.735. The van der Waals surface area contributed by atoms with Crippen molar-refractivity contribution in [2.45, 2.75) is 20.4 Å². The van der Waals surface area contributed by atoms with E-state index in [2.05, 4.69) is 5.10 Å². The molecule has 0 atom stereocenters. The molecule has 1 amide bonds. The molecule has 0 bridgehead atoms. The van der Waals surface area contributed by atoms with Gasteiger partial charge in [-0.1, -0.05) is 0 Å². The van der Waals surface area contributed by atoms with Gasteiger partial charge in [0.2, 0.25) is 5.91 Å². The van der Waals surface area contributed by atoms with Crippen molar-refractivity contribution < 1.29 is 4.79 Å². The second-order valence-corrected chi connectivity index (χ2v) is 5.64. The highest BCUT2D eigenvalue weighted by atomic mass is 32.1. The Morgan fingerprint density at radius 2 is 2.14 bits per heavy atom. The van der Waals surface area contributed by atoms with Gasteiger partial charge in [0.05, 0.1) is 0 Å². The van der Waals surface area contributed by atoms with Crippen LogP contribution in [0.5, 0.6) is 0 Å². The number of amides is 1. The summed E-state index contributed by atoms with van der Waals surface area (Å²) >= 11 is 1.56. The maximum atomic E-state index is 12.4. The summed E-state index contributed by atoms with van der Waals surface area (Å²) in [5.74, 6) is -0.0904. The van der Waals surface area contributed by atoms with Crippen LogP contribution in [0.4, 0.5) is 0 Å². The van der Waals surface area contributed by atoms with Gasteiger partial charge in [-0.3, -0.25) is 14.0 Å². The molecule has 0 aliphatic rings. The van der Waals surface area contributed by atoms with Gasteiger partial charge >= 0.3 is 0 Å². The minimum Gasteiger partial charge on any atom is -0.342 e. The Balaban J connectivity index is 2.02. The maximum Gasteiger partial charge on any atom is 0.291 e. The van der Waals surface area contributed by atoms with Crippen LogP contribution in [0.15, 0.2) is 28.6 Å². The summed E-state index contributed by atoms with van der Waals surface area (Å²) in [5, 5.41) is 7.12. The first-order chi connectivity index (χ1) is 10.2. The highest BCUT2D eigenvalue weighted by Crippen LogP contribution is 2.22. The molecule has 0 aliphatic heterocycles. The molecule has 0 saturated carbocycles. The standard InChI is InChI=1S/C14H16N4O2S/c1-3-16(4-2)12(19)8-18-13(20)11-7-10-5-6-21-14(10)17(11)9-15-18/h5-7,9H,3-4,8H2,1-2H3. The van der Waals surface area contributed by atoms with Gasteiger partial charge in [0.1, 0.15) is 23.2 Å². The molecule has 3 heterocycles. The third-order valence-electron chi connectivity index (χ3n) is 3.61. The highest BCUT2D eigenvalue weighted by molar-refractivity contribution is 7.16. The highest BCUT2D eigenvalue weighted by Gasteiger charge is 2.14. The Hall–Kier alpha value is -2.15. The number of nitrogens with zero attached hydrogens (tertiary/aromatic N) is 4. The SMILES string of the molecule is CCN(CC)C(=O)Cn1ncn2c(cc3ccsc32)c1=O. The summed E-state index contributed by atoms with van der Waals surface area (Å²) in [6.07, 6.45) is 1.60. The second kappa shape index (κ2) is 5.33. The van der Waals surface area contributed by atoms with E-state index in [4.69, 9.17) is 0 Å². The van der Waals surface area contributed by atoms with Crippen LogP contribution in [-0.2, 0) is 11.3 Å². The second-order valence-electron chi connectivity index (χ2n) is 4.74. The fourth-order valence-electron chi connectivity index (χ4n) is 2.44. The molecule has 0 unspecified atom stereocenters. The van der Waals surface area contributed by atoms with Crippen molar-refractivity contribution in [3.8, 4) is 0 Å². The number of thiophene rings is 1. The topological polar surface area (TPSA) is 59.6 Å². The first-order valence-corrected chi connectivity index (χ1v) is 7.75. The summed E-state index contributed by atoms with van der Waals surface area (Å²) < 4.78 is 3.01. The van der Waals surface area contributed by atoms with Gasteiger partial charge in [0.25, 0.3) is 5.56 Å². The van der Waals surface area contributed by atoms with Crippen LogP contribution in [0.1, 0.15) is 13.8 Å². The Morgan fingerprint density at radius 3 is 2.86 bits per heavy atom. The number of hydrogen-bond acceptors (Lipinski definition) is 4. The van der Waals surface area contributed by atoms with Gasteiger partial charge in [0, 0.05) is 18.5 Å². The molecule has 0 N–H and O–H groups in total. The molecule has 110 valence electrons. The van der Waals surface area contributed by atoms with Crippen molar-refractivity contribution in [2.24, 2.45) is 0 Å². The van der Waals surface area contributed by atoms with E-state index in [1.165, 1.54) is 4.68 Å². The molecule has 0 radical (unpaired) electrons. The molecular weight excluding hydrogens is 288 g/mol. The number of aromatic nitrogens is 3. The van der Waals surface area contributed by atoms with Crippen LogP contribution in [0.2, 0.25) is 0 Å². The molecule has 7 heteroatoms. The molecule has 0 fully saturated rings. The van der Waals surface area contributed by atoms with E-state index in [0.29, 0.717) is 18.6 Å². The largest absolute Gasteiger partial charge is 0.342 e. The molecule has 3 aromatic rings. The smallest absolute Gasteiger partial charge is 0.291 e. The van der Waals surface area contributed by atoms with Crippen LogP contribution in [0, 0.1) is 0 Å². The zero-order valence-corrected chi connectivity index (χ0v) is 12.8. The molecule has 0 saturated heterocycles. The van der Waals surface area contributed by atoms with Crippen molar-refractivity contribution in [3.63, 3.8) is 0 Å². The van der Waals surface area contributed by atoms with Gasteiger partial charge < -0.3 is 4.90 Å². The van der Waals surface area contributed by atoms with Crippen molar-refractivity contribution in [2.75, 3.05) is 13.1 Å². The predicted molar refractivity (Wildman–Crippen MR) is 82.8 cm³/mol. The zero-order chi connectivity index (χ0) is 15.0. The Bertz CT molecular complexity index is 857. The monoisotopic (exact) mass is 304 g/mol. The van der Waals surface area contributed by atoms with Crippen molar-refractivity contribution in [3.05, 3.63) is 34.2 Å². The Labute approximate surface area is 125 Å². The summed E-state index contributed by atoms with van der Waals surface area (Å²) in [5.41, 5.74) is 0.320. The van der Waals surface area contributed by atoms with Crippen LogP contribution in [0.25, 0.3) is 15.7 Å². The van der Waals surface area contributed by atoms with Crippen LogP contribution >= 0.6 is 11.3 Å². The van der Waals surface area contributed by atoms with Crippen molar-refractivity contribution in [1.82, 2.24) is 19.1 Å². The number of rotatable bonds is 4. The zero-order valence-electron chi connectivity index (χ0n) is 11.9. The van der Waals surface area contributed by atoms with E-state index in [0.717, 1.165) is 10.2 Å². The minimum absolute atomic E-state index is 0.0180. The van der Waals surface area contributed by atoms with Crippen LogP contribution in [-0.4, -0.2) is 38.1 Å². The summed E-state index contributed by atoms with van der Waals surface area (Å²) in [6, 6.07) is 3.81. The van der Waals surface area contributed by atoms with E-state index in [1.54, 1.807) is 27.0 Å². The number of fused-ring (bicyclic) bond motifs is 3. The van der Waals surface area contributed by atoms with Gasteiger partial charge in [-0.15, -0.1) is 11.3 Å². The van der Waals surface area contributed by atoms with Gasteiger partial charge in [-0.2, -0.15) is 5.10 Å². The number of hydrogen-bond donors (Lipinski definition) is 0. The molecule has 0 spiro atoms. The molecule has 3 rings (SSSR count). The van der Waals surface area contributed by atoms with E-state index < -0.39 is 0 Å². The molecule has 6 nitrogen and oxygen atoms in total. The number of likely N-dealkylation sites (N-methyl/N-ethyl adjacent to an activating group) is 1. The lowest BCUT2D eigenvalue weighted by molar-refractivity contribution is -0.131. The van der Waals surface area contributed by atoms with E-state index in [1.807, 2.05) is 31.4 Å². The summed E-state index contributed by atoms with van der Waals surface area (Å²) in [7, 11) is 0. The predicted octanol–water partition coefficient (Wildman–Crippen LogP) is 1.58. The Morgan fingerprint density at radius 1 is 1.38 bits per heavy atom. The van der Waals surface area contributed by atoms with E-state index in [-0.39, 0.29) is 18.0 Å². The molecular formula is C14H16N4O2S. The lowest BCUT2D eigenvalue weighted by Gasteiger charge is -2.18. The van der Waals surface area contributed by atoms with Crippen LogP contribution < -0.4 is 5.56 Å². The van der Waals surface area contributed by atoms with Gasteiger partial charge in [-0.05, 0) is 31.4 Å². The van der Waals surface area contributed by atoms with E-state index in [9.17, 15) is 9.59 Å². The third kappa shape index (κ3) is 2.23. The lowest BCUT2D eigenvalue weighted by Crippen LogP contribution is -2.37. The van der Waals surface area contributed by atoms with Crippen molar-refractivity contribution >= 4 is 33.0 Å². The average molecular weight is 304 g/mol. The van der Waals surface area contributed by atoms with E-state index >= 15 is 0 Å². The fourth-order valence-corrected chi connectivity index (χ4v) is 3.30. The first-order valence-electron chi connectivity index (χ1n) is 6.87. The molecule has 21 heavy (non-hydrogen) atoms. The van der Waals surface area contributed by atoms with Gasteiger partial charge in [-0.25, -0.2) is 4.68 Å². The normalized spacial score (nSPS) is 11.3. The molecule has 0 aromatic carbocycles. The lowest BCUT2D eigenvalue weighted by atomic mass is 10.4. The van der Waals surface area contributed by atoms with Gasteiger partial charge in [0.15, 0.2) is 0 Å². The van der Waals surface area contributed by atoms with Crippen LogP contribution in [0.3, 0.4) is 0 Å². The average Bonchev–Trinajstić information content (AvgIpc) is 3.04. The number of carbonyl (C=O) groups is 1. The molecule has 3 aromatic heterocycles.